The van der Waals surface area contributed by atoms with Gasteiger partial charge in [-0.1, -0.05) is 19.1 Å². The van der Waals surface area contributed by atoms with Gasteiger partial charge >= 0.3 is 12.3 Å². The van der Waals surface area contributed by atoms with Crippen molar-refractivity contribution >= 4 is 44.9 Å². The molecule has 2 aliphatic heterocycles. The van der Waals surface area contributed by atoms with Crippen molar-refractivity contribution in [3.63, 3.8) is 0 Å². The molecule has 4 aliphatic rings. The number of ether oxygens (including phenoxy) is 4. The molecular weight excluding hydrogens is 888 g/mol. The predicted molar refractivity (Wildman–Crippen MR) is 224 cm³/mol. The van der Waals surface area contributed by atoms with Crippen LogP contribution in [0.1, 0.15) is 99.1 Å². The van der Waals surface area contributed by atoms with Gasteiger partial charge in [-0.25, -0.2) is 32.0 Å². The van der Waals surface area contributed by atoms with Gasteiger partial charge in [-0.3, -0.25) is 19.1 Å². The van der Waals surface area contributed by atoms with E-state index in [0.717, 1.165) is 18.7 Å². The van der Waals surface area contributed by atoms with Crippen molar-refractivity contribution in [2.75, 3.05) is 20.3 Å². The van der Waals surface area contributed by atoms with Gasteiger partial charge in [0.05, 0.1) is 35.0 Å². The third-order valence-corrected chi connectivity index (χ3v) is 14.8. The molecule has 1 saturated heterocycles. The Morgan fingerprint density at radius 2 is 1.74 bits per heavy atom. The molecule has 360 valence electrons. The van der Waals surface area contributed by atoms with Crippen molar-refractivity contribution in [2.24, 2.45) is 17.8 Å². The lowest BCUT2D eigenvalue weighted by Crippen LogP contribution is -2.60. The summed E-state index contributed by atoms with van der Waals surface area (Å²) in [5, 5.41) is 5.11. The number of allylic oxidation sites excluding steroid dienone is 1. The molecule has 16 nitrogen and oxygen atoms in total. The Balaban J connectivity index is 1.42. The summed E-state index contributed by atoms with van der Waals surface area (Å²) in [6.45, 7) is 8.63. The van der Waals surface area contributed by atoms with Crippen molar-refractivity contribution in [1.82, 2.24) is 30.2 Å². The van der Waals surface area contributed by atoms with Crippen molar-refractivity contribution in [3.05, 3.63) is 36.0 Å². The summed E-state index contributed by atoms with van der Waals surface area (Å²) in [6.07, 6.45) is -3.38. The van der Waals surface area contributed by atoms with Crippen LogP contribution >= 0.6 is 0 Å². The molecule has 2 aromatic rings. The highest BCUT2D eigenvalue weighted by molar-refractivity contribution is 7.91. The number of aromatic nitrogens is 2. The molecule has 7 atom stereocenters. The molecule has 1 aromatic carbocycles. The number of hydrogen-bond acceptors (Lipinski definition) is 12. The number of amides is 4. The van der Waals surface area contributed by atoms with Gasteiger partial charge in [-0.05, 0) is 91.2 Å². The third-order valence-electron chi connectivity index (χ3n) is 12.7. The van der Waals surface area contributed by atoms with Crippen molar-refractivity contribution in [2.45, 2.75) is 146 Å². The Labute approximate surface area is 374 Å². The van der Waals surface area contributed by atoms with E-state index in [1.165, 1.54) is 32.2 Å². The summed E-state index contributed by atoms with van der Waals surface area (Å²) >= 11 is 0. The van der Waals surface area contributed by atoms with Crippen LogP contribution in [0.4, 0.5) is 26.7 Å². The fraction of sp³-hybridized carbons (Fsp3) is 0.674. The minimum absolute atomic E-state index is 0.0165. The monoisotopic (exact) mass is 944 g/mol. The zero-order chi connectivity index (χ0) is 48.1. The average Bonchev–Trinajstić information content (AvgIpc) is 4.06. The van der Waals surface area contributed by atoms with E-state index in [1.54, 1.807) is 26.0 Å². The number of carbonyl (C=O) groups excluding carboxylic acids is 4. The molecule has 3 fully saturated rings. The number of sulfonamides is 1. The minimum atomic E-state index is -5.09. The predicted octanol–water partition coefficient (Wildman–Crippen LogP) is 5.82. The van der Waals surface area contributed by atoms with Crippen molar-refractivity contribution < 1.29 is 68.5 Å². The van der Waals surface area contributed by atoms with E-state index in [4.69, 9.17) is 18.9 Å². The number of methoxy groups -OCH3 is 1. The summed E-state index contributed by atoms with van der Waals surface area (Å²) in [5.41, 5.74) is -5.81. The van der Waals surface area contributed by atoms with Crippen LogP contribution in [0.2, 0.25) is 0 Å². The molecule has 3 N–H and O–H groups in total. The Bertz CT molecular complexity index is 2300. The van der Waals surface area contributed by atoms with Gasteiger partial charge in [-0.15, -0.1) is 0 Å². The van der Waals surface area contributed by atoms with Crippen LogP contribution in [0.15, 0.2) is 30.4 Å². The number of rotatable bonds is 12. The van der Waals surface area contributed by atoms with E-state index in [1.807, 2.05) is 6.92 Å². The lowest BCUT2D eigenvalue weighted by molar-refractivity contribution is -0.152. The zero-order valence-electron chi connectivity index (χ0n) is 37.5. The highest BCUT2D eigenvalue weighted by Gasteiger charge is 2.63. The Morgan fingerprint density at radius 1 is 1.05 bits per heavy atom. The molecule has 0 bridgehead atoms. The SMILES string of the molecule is COC[C@@H]1C[C@H](C)CC/C=C\C2C[C@@]2(C(=O)NS(=O)(=O)C2(C)CC2)NC(=O)[C@@H]2C[C@@H](Oc3nc4cc(OC(C)C)ccc4nc3C(F)(F)F)CN2C(=O)[C@H]1NC(=O)OC(C)(C)C(C)(F)F. The van der Waals surface area contributed by atoms with Crippen LogP contribution in [-0.2, 0) is 40.1 Å². The van der Waals surface area contributed by atoms with Gasteiger partial charge in [0, 0.05) is 38.4 Å². The number of fused-ring (bicyclic) bond motifs is 3. The summed E-state index contributed by atoms with van der Waals surface area (Å²) in [4.78, 5) is 66.1. The van der Waals surface area contributed by atoms with Crippen molar-refractivity contribution in [3.8, 4) is 11.6 Å². The van der Waals surface area contributed by atoms with Gasteiger partial charge < -0.3 is 34.5 Å². The molecule has 6 rings (SSSR count). The van der Waals surface area contributed by atoms with Crippen LogP contribution in [0.3, 0.4) is 0 Å². The quantitative estimate of drug-likeness (QED) is 0.170. The topological polar surface area (TPSA) is 204 Å². The second kappa shape index (κ2) is 18.1. The van der Waals surface area contributed by atoms with E-state index in [9.17, 15) is 44.8 Å². The lowest BCUT2D eigenvalue weighted by atomic mass is 9.87. The van der Waals surface area contributed by atoms with Crippen LogP contribution in [0, 0.1) is 17.8 Å². The number of hydrogen-bond donors (Lipinski definition) is 3. The standard InChI is InChI=1S/C43H57F5N6O10S/c1-23(2)62-27-13-14-29-30(18-27)50-35(33(49-29)43(46,47)48)63-28-19-31-34(55)52-42(37(57)53-65(59,60)40(6)15-16-40)20-26(42)12-10-9-11-24(3)17-25(22-61-8)32(36(56)54(31)21-28)51-38(58)64-39(4,5)41(7,44)45/h10,12-14,18,23-26,28,31-32H,9,11,15-17,19-22H2,1-8H3,(H,51,58)(H,52,55)(H,53,57)/b12-10-/t24-,25+,26?,28-,31+,32+,42-/m1/s1. The molecule has 0 spiro atoms. The van der Waals surface area contributed by atoms with Crippen molar-refractivity contribution in [1.29, 1.82) is 0 Å². The third kappa shape index (κ3) is 10.9. The summed E-state index contributed by atoms with van der Waals surface area (Å²) in [6, 6.07) is 0.876. The van der Waals surface area contributed by atoms with Gasteiger partial charge in [0.2, 0.25) is 33.4 Å². The molecule has 22 heteroatoms. The Hall–Kier alpha value is -4.86. The molecular formula is C43H57F5N6O10S. The summed E-state index contributed by atoms with van der Waals surface area (Å²) < 4.78 is 123. The van der Waals surface area contributed by atoms with Crippen LogP contribution in [-0.4, -0.2) is 113 Å². The first kappa shape index (κ1) is 49.6. The van der Waals surface area contributed by atoms with E-state index >= 15 is 4.79 Å². The fourth-order valence-electron chi connectivity index (χ4n) is 8.06. The maximum atomic E-state index is 15.1. The first-order chi connectivity index (χ1) is 30.1. The number of alkyl carbamates (subject to hydrolysis) is 1. The number of nitrogens with one attached hydrogen (secondary N) is 3. The number of alkyl halides is 5. The molecule has 65 heavy (non-hydrogen) atoms. The number of nitrogens with zero attached hydrogens (tertiary/aromatic N) is 3. The molecule has 2 saturated carbocycles. The Morgan fingerprint density at radius 3 is 2.35 bits per heavy atom. The minimum Gasteiger partial charge on any atom is -0.491 e. The number of benzene rings is 1. The summed E-state index contributed by atoms with van der Waals surface area (Å²) in [5.74, 6) is -8.90. The van der Waals surface area contributed by atoms with Gasteiger partial charge in [-0.2, -0.15) is 13.2 Å². The number of halogens is 5. The first-order valence-electron chi connectivity index (χ1n) is 21.5. The van der Waals surface area contributed by atoms with Gasteiger partial charge in [0.25, 0.3) is 11.8 Å². The molecule has 1 unspecified atom stereocenters. The first-order valence-corrected chi connectivity index (χ1v) is 23.0. The van der Waals surface area contributed by atoms with E-state index in [0.29, 0.717) is 32.6 Å². The van der Waals surface area contributed by atoms with E-state index < -0.39 is 116 Å². The Kier molecular flexibility index (Phi) is 13.8. The maximum absolute atomic E-state index is 15.1. The normalized spacial score (nSPS) is 27.9. The average molecular weight is 945 g/mol. The zero-order valence-corrected chi connectivity index (χ0v) is 38.3. The number of carbonyl (C=O) groups is 4. The molecule has 2 aliphatic carbocycles. The highest BCUT2D eigenvalue weighted by atomic mass is 32.2. The second-order valence-corrected chi connectivity index (χ2v) is 21.0. The van der Waals surface area contributed by atoms with E-state index in [2.05, 4.69) is 25.3 Å². The smallest absolute Gasteiger partial charge is 0.438 e. The molecule has 1 aromatic heterocycles. The molecule has 4 amide bonds. The fourth-order valence-corrected chi connectivity index (χ4v) is 9.37. The van der Waals surface area contributed by atoms with Crippen LogP contribution in [0.5, 0.6) is 11.6 Å². The maximum Gasteiger partial charge on any atom is 0.438 e. The molecule has 3 heterocycles. The largest absolute Gasteiger partial charge is 0.491 e. The van der Waals surface area contributed by atoms with Gasteiger partial charge in [0.15, 0.2) is 5.60 Å². The second-order valence-electron chi connectivity index (χ2n) is 18.8. The van der Waals surface area contributed by atoms with Gasteiger partial charge in [0.1, 0.15) is 29.5 Å². The van der Waals surface area contributed by atoms with E-state index in [-0.39, 0.29) is 48.3 Å². The summed E-state index contributed by atoms with van der Waals surface area (Å²) in [7, 11) is -2.84. The van der Waals surface area contributed by atoms with Crippen LogP contribution in [0.25, 0.3) is 11.0 Å². The molecule has 0 radical (unpaired) electrons. The highest BCUT2D eigenvalue weighted by Crippen LogP contribution is 2.48. The van der Waals surface area contributed by atoms with Crippen LogP contribution < -0.4 is 24.8 Å². The lowest BCUT2D eigenvalue weighted by Gasteiger charge is -2.35.